The van der Waals surface area contributed by atoms with E-state index < -0.39 is 10.0 Å². The molecule has 1 N–H and O–H groups in total. The number of fused-ring (bicyclic) bond motifs is 1. The van der Waals surface area contributed by atoms with Gasteiger partial charge in [-0.05, 0) is 43.2 Å². The first-order chi connectivity index (χ1) is 16.5. The fourth-order valence-electron chi connectivity index (χ4n) is 3.85. The van der Waals surface area contributed by atoms with Gasteiger partial charge in [-0.2, -0.15) is 5.10 Å². The Labute approximate surface area is 200 Å². The Morgan fingerprint density at radius 1 is 0.882 bits per heavy atom. The van der Waals surface area contributed by atoms with Gasteiger partial charge < -0.3 is 0 Å². The lowest BCUT2D eigenvalue weighted by Crippen LogP contribution is -2.20. The molecule has 7 heteroatoms. The van der Waals surface area contributed by atoms with Crippen molar-refractivity contribution in [3.63, 3.8) is 0 Å². The second-order valence-electron chi connectivity index (χ2n) is 8.00. The molecule has 0 saturated heterocycles. The number of rotatable bonds is 9. The van der Waals surface area contributed by atoms with Crippen LogP contribution in [0.3, 0.4) is 0 Å². The third kappa shape index (κ3) is 4.94. The summed E-state index contributed by atoms with van der Waals surface area (Å²) in [4.78, 5) is 12.8. The zero-order valence-electron chi connectivity index (χ0n) is 19.0. The summed E-state index contributed by atoms with van der Waals surface area (Å²) in [6.45, 7) is 2.12. The highest BCUT2D eigenvalue weighted by Gasteiger charge is 2.23. The van der Waals surface area contributed by atoms with Gasteiger partial charge in [-0.25, -0.2) is 17.8 Å². The molecule has 0 bridgehead atoms. The number of benzene rings is 3. The number of hydrazone groups is 1. The second-order valence-corrected chi connectivity index (χ2v) is 9.81. The van der Waals surface area contributed by atoms with E-state index in [1.165, 1.54) is 3.97 Å². The third-order valence-electron chi connectivity index (χ3n) is 5.63. The van der Waals surface area contributed by atoms with Crippen LogP contribution < -0.4 is 5.43 Å². The summed E-state index contributed by atoms with van der Waals surface area (Å²) < 4.78 is 28.2. The van der Waals surface area contributed by atoms with Crippen LogP contribution in [0.5, 0.6) is 0 Å². The maximum absolute atomic E-state index is 13.4. The van der Waals surface area contributed by atoms with E-state index in [0.29, 0.717) is 28.8 Å². The summed E-state index contributed by atoms with van der Waals surface area (Å²) in [6, 6.07) is 24.6. The quantitative estimate of drug-likeness (QED) is 0.195. The summed E-state index contributed by atoms with van der Waals surface area (Å²) in [5, 5.41) is 5.24. The van der Waals surface area contributed by atoms with Gasteiger partial charge in [-0.15, -0.1) is 0 Å². The first-order valence-corrected chi connectivity index (χ1v) is 12.8. The van der Waals surface area contributed by atoms with Crippen molar-refractivity contribution in [1.82, 2.24) is 9.40 Å². The second kappa shape index (κ2) is 10.5. The van der Waals surface area contributed by atoms with Crippen molar-refractivity contribution >= 4 is 32.5 Å². The molecular weight excluding hydrogens is 446 g/mol. The summed E-state index contributed by atoms with van der Waals surface area (Å²) >= 11 is 0. The van der Waals surface area contributed by atoms with Crippen LogP contribution in [0.4, 0.5) is 0 Å². The van der Waals surface area contributed by atoms with E-state index in [0.717, 1.165) is 24.6 Å². The topological polar surface area (TPSA) is 80.5 Å². The molecule has 3 aromatic carbocycles. The van der Waals surface area contributed by atoms with Crippen LogP contribution >= 0.6 is 0 Å². The summed E-state index contributed by atoms with van der Waals surface area (Å²) in [7, 11) is -3.80. The Balaban J connectivity index is 1.78. The smallest absolute Gasteiger partial charge is 0.267 e. The summed E-state index contributed by atoms with van der Waals surface area (Å²) in [5.74, 6) is -0.311. The van der Waals surface area contributed by atoms with Crippen molar-refractivity contribution in [2.45, 2.75) is 37.5 Å². The van der Waals surface area contributed by atoms with Gasteiger partial charge in [0.1, 0.15) is 0 Å². The molecule has 0 spiro atoms. The molecule has 0 fully saturated rings. The number of hydrogen-bond acceptors (Lipinski definition) is 4. The van der Waals surface area contributed by atoms with Gasteiger partial charge in [-0.3, -0.25) is 4.79 Å². The molecule has 174 valence electrons. The average Bonchev–Trinajstić information content (AvgIpc) is 3.27. The zero-order valence-corrected chi connectivity index (χ0v) is 19.8. The molecule has 0 aliphatic rings. The molecule has 0 saturated carbocycles. The van der Waals surface area contributed by atoms with Crippen LogP contribution in [0.25, 0.3) is 10.9 Å². The van der Waals surface area contributed by atoms with Gasteiger partial charge in [0.2, 0.25) is 0 Å². The average molecular weight is 474 g/mol. The zero-order chi connectivity index (χ0) is 24.0. The maximum Gasteiger partial charge on any atom is 0.271 e. The van der Waals surface area contributed by atoms with E-state index in [-0.39, 0.29) is 10.8 Å². The number of amides is 1. The van der Waals surface area contributed by atoms with E-state index in [1.54, 1.807) is 66.9 Å². The summed E-state index contributed by atoms with van der Waals surface area (Å²) in [5.41, 5.74) is 5.08. The van der Waals surface area contributed by atoms with E-state index in [2.05, 4.69) is 17.5 Å². The number of para-hydroxylation sites is 1. The molecule has 0 radical (unpaired) electrons. The molecule has 6 nitrogen and oxygen atoms in total. The summed E-state index contributed by atoms with van der Waals surface area (Å²) in [6.07, 6.45) is 5.15. The molecular formula is C27H27N3O3S. The number of nitrogens with zero attached hydrogens (tertiary/aromatic N) is 2. The first kappa shape index (κ1) is 23.4. The Morgan fingerprint density at radius 2 is 1.53 bits per heavy atom. The molecule has 1 amide bonds. The Hall–Kier alpha value is -3.71. The maximum atomic E-state index is 13.4. The van der Waals surface area contributed by atoms with E-state index in [4.69, 9.17) is 0 Å². The normalized spacial score (nSPS) is 12.1. The number of carbonyl (C=O) groups excluding carboxylic acids is 1. The van der Waals surface area contributed by atoms with Crippen molar-refractivity contribution in [2.24, 2.45) is 5.10 Å². The Morgan fingerprint density at radius 3 is 2.24 bits per heavy atom. The van der Waals surface area contributed by atoms with Gasteiger partial charge in [0.15, 0.2) is 0 Å². The van der Waals surface area contributed by atoms with E-state index >= 15 is 0 Å². The van der Waals surface area contributed by atoms with Gasteiger partial charge >= 0.3 is 0 Å². The van der Waals surface area contributed by atoms with E-state index in [9.17, 15) is 13.2 Å². The highest BCUT2D eigenvalue weighted by molar-refractivity contribution is 7.90. The lowest BCUT2D eigenvalue weighted by atomic mass is 10.0. The van der Waals surface area contributed by atoms with Crippen LogP contribution in [0.1, 0.15) is 48.5 Å². The number of unbranched alkanes of at least 4 members (excludes halogenated alkanes) is 2. The van der Waals surface area contributed by atoms with Crippen molar-refractivity contribution < 1.29 is 13.2 Å². The lowest BCUT2D eigenvalue weighted by Gasteiger charge is -2.07. The number of aromatic nitrogens is 1. The minimum absolute atomic E-state index is 0.212. The largest absolute Gasteiger partial charge is 0.271 e. The highest BCUT2D eigenvalue weighted by Crippen LogP contribution is 2.27. The predicted molar refractivity (Wildman–Crippen MR) is 136 cm³/mol. The number of carbonyl (C=O) groups is 1. The molecule has 0 atom stereocenters. The highest BCUT2D eigenvalue weighted by atomic mass is 32.2. The molecule has 0 aliphatic carbocycles. The molecule has 0 unspecified atom stereocenters. The number of hydrogen-bond donors (Lipinski definition) is 1. The van der Waals surface area contributed by atoms with Crippen LogP contribution in [0.15, 0.2) is 101 Å². The number of nitrogens with one attached hydrogen (secondary N) is 1. The lowest BCUT2D eigenvalue weighted by molar-refractivity contribution is 0.0954. The van der Waals surface area contributed by atoms with Crippen molar-refractivity contribution in [3.8, 4) is 0 Å². The molecule has 0 aliphatic heterocycles. The monoisotopic (exact) mass is 473 g/mol. The van der Waals surface area contributed by atoms with Crippen LogP contribution in [-0.2, 0) is 10.0 Å². The van der Waals surface area contributed by atoms with Gasteiger partial charge in [0, 0.05) is 22.7 Å². The molecule has 4 aromatic rings. The minimum atomic E-state index is -3.80. The van der Waals surface area contributed by atoms with Crippen molar-refractivity contribution in [2.75, 3.05) is 0 Å². The van der Waals surface area contributed by atoms with Gasteiger partial charge in [-0.1, -0.05) is 74.4 Å². The van der Waals surface area contributed by atoms with E-state index in [1.807, 2.05) is 24.3 Å². The predicted octanol–water partition coefficient (Wildman–Crippen LogP) is 5.59. The molecule has 4 rings (SSSR count). The first-order valence-electron chi connectivity index (χ1n) is 11.4. The molecule has 1 aromatic heterocycles. The Kier molecular flexibility index (Phi) is 7.23. The van der Waals surface area contributed by atoms with Crippen LogP contribution in [0, 0.1) is 0 Å². The SMILES string of the molecule is CCCCC/C(=N\NC(=O)c1ccccc1)c1cn(S(=O)(=O)c2ccccc2)c2ccccc12. The minimum Gasteiger partial charge on any atom is -0.267 e. The van der Waals surface area contributed by atoms with Gasteiger partial charge in [0.05, 0.1) is 16.1 Å². The van der Waals surface area contributed by atoms with Crippen LogP contribution in [0.2, 0.25) is 0 Å². The standard InChI is InChI=1S/C27H27N3O3S/c1-2-3-6-18-25(28-29-27(31)21-13-7-4-8-14-21)24-20-30(26-19-12-11-17-23(24)26)34(32,33)22-15-9-5-10-16-22/h4-5,7-17,19-20H,2-3,6,18H2,1H3,(H,29,31)/b28-25+. The third-order valence-corrected chi connectivity index (χ3v) is 7.32. The van der Waals surface area contributed by atoms with Crippen molar-refractivity contribution in [1.29, 1.82) is 0 Å². The Bertz CT molecular complexity index is 1410. The fourth-order valence-corrected chi connectivity index (χ4v) is 5.24. The molecule has 34 heavy (non-hydrogen) atoms. The molecule has 1 heterocycles. The van der Waals surface area contributed by atoms with Crippen LogP contribution in [-0.4, -0.2) is 24.0 Å². The van der Waals surface area contributed by atoms with Crippen molar-refractivity contribution in [3.05, 3.63) is 102 Å². The van der Waals surface area contributed by atoms with Gasteiger partial charge in [0.25, 0.3) is 15.9 Å². The fraction of sp³-hybridized carbons (Fsp3) is 0.185.